The zero-order valence-corrected chi connectivity index (χ0v) is 11.5. The third kappa shape index (κ3) is 4.56. The number of halogens is 1. The van der Waals surface area contributed by atoms with Crippen LogP contribution in [0.25, 0.3) is 0 Å². The van der Waals surface area contributed by atoms with Gasteiger partial charge >= 0.3 is 5.97 Å². The summed E-state index contributed by atoms with van der Waals surface area (Å²) in [6.07, 6.45) is 0.959. The van der Waals surface area contributed by atoms with Crippen LogP contribution in [-0.2, 0) is 4.74 Å². The summed E-state index contributed by atoms with van der Waals surface area (Å²) in [5, 5.41) is 3.00. The second-order valence-electron chi connectivity index (χ2n) is 3.66. The number of benzene rings is 1. The van der Waals surface area contributed by atoms with Crippen molar-refractivity contribution in [2.45, 2.75) is 13.3 Å². The lowest BCUT2D eigenvalue weighted by molar-refractivity contribution is 0.0600. The Bertz CT molecular complexity index is 399. The van der Waals surface area contributed by atoms with Gasteiger partial charge in [-0.25, -0.2) is 9.18 Å². The van der Waals surface area contributed by atoms with E-state index in [1.807, 2.05) is 11.8 Å². The number of methoxy groups -OCH3 is 1. The largest absolute Gasteiger partial charge is 0.465 e. The monoisotopic (exact) mass is 271 g/mol. The highest BCUT2D eigenvalue weighted by Crippen LogP contribution is 2.17. The van der Waals surface area contributed by atoms with Crippen LogP contribution in [0.15, 0.2) is 18.2 Å². The molecule has 5 heteroatoms. The van der Waals surface area contributed by atoms with Gasteiger partial charge in [-0.3, -0.25) is 0 Å². The molecular weight excluding hydrogens is 253 g/mol. The molecule has 0 spiro atoms. The second-order valence-corrected chi connectivity index (χ2v) is 5.06. The Hall–Kier alpha value is -1.23. The molecule has 0 aliphatic carbocycles. The van der Waals surface area contributed by atoms with Crippen LogP contribution in [-0.4, -0.2) is 31.1 Å². The van der Waals surface area contributed by atoms with E-state index in [1.165, 1.54) is 25.3 Å². The minimum atomic E-state index is -0.459. The van der Waals surface area contributed by atoms with Crippen LogP contribution in [0.4, 0.5) is 10.1 Å². The van der Waals surface area contributed by atoms with Gasteiger partial charge in [-0.2, -0.15) is 11.8 Å². The molecule has 0 bridgehead atoms. The minimum Gasteiger partial charge on any atom is -0.465 e. The fourth-order valence-corrected chi connectivity index (χ4v) is 2.08. The van der Waals surface area contributed by atoms with Crippen LogP contribution in [0.5, 0.6) is 0 Å². The SMILES string of the molecule is CCSCCCNc1cc(C(=O)OC)ccc1F. The number of ether oxygens (including phenoxy) is 1. The van der Waals surface area contributed by atoms with Gasteiger partial charge in [-0.15, -0.1) is 0 Å². The molecule has 0 radical (unpaired) electrons. The predicted molar refractivity (Wildman–Crippen MR) is 73.8 cm³/mol. The molecular formula is C13H18FNO2S. The smallest absolute Gasteiger partial charge is 0.337 e. The molecule has 0 saturated heterocycles. The number of carbonyl (C=O) groups is 1. The van der Waals surface area contributed by atoms with Crippen molar-refractivity contribution in [3.05, 3.63) is 29.6 Å². The van der Waals surface area contributed by atoms with Crippen molar-refractivity contribution in [2.75, 3.05) is 30.5 Å². The van der Waals surface area contributed by atoms with E-state index in [0.717, 1.165) is 17.9 Å². The summed E-state index contributed by atoms with van der Waals surface area (Å²) >= 11 is 1.85. The second kappa shape index (κ2) is 7.97. The third-order valence-corrected chi connectivity index (χ3v) is 3.36. The molecule has 0 aliphatic heterocycles. The van der Waals surface area contributed by atoms with Gasteiger partial charge < -0.3 is 10.1 Å². The van der Waals surface area contributed by atoms with E-state index in [9.17, 15) is 9.18 Å². The summed E-state index contributed by atoms with van der Waals surface area (Å²) < 4.78 is 18.1. The summed E-state index contributed by atoms with van der Waals surface area (Å²) in [5.74, 6) is 1.32. The Balaban J connectivity index is 2.56. The van der Waals surface area contributed by atoms with Crippen LogP contribution in [0.1, 0.15) is 23.7 Å². The standard InChI is InChI=1S/C13H18FNO2S/c1-3-18-8-4-7-15-12-9-10(13(16)17-2)5-6-11(12)14/h5-6,9,15H,3-4,7-8H2,1-2H3. The van der Waals surface area contributed by atoms with Crippen LogP contribution >= 0.6 is 11.8 Å². The lowest BCUT2D eigenvalue weighted by Gasteiger charge is -2.08. The van der Waals surface area contributed by atoms with Gasteiger partial charge in [0.2, 0.25) is 0 Å². The van der Waals surface area contributed by atoms with Gasteiger partial charge in [0.25, 0.3) is 0 Å². The Morgan fingerprint density at radius 2 is 2.28 bits per heavy atom. The van der Waals surface area contributed by atoms with E-state index in [0.29, 0.717) is 17.8 Å². The van der Waals surface area contributed by atoms with Crippen molar-refractivity contribution in [1.82, 2.24) is 0 Å². The van der Waals surface area contributed by atoms with Crippen molar-refractivity contribution in [3.8, 4) is 0 Å². The zero-order chi connectivity index (χ0) is 13.4. The van der Waals surface area contributed by atoms with Gasteiger partial charge in [0.15, 0.2) is 0 Å². The van der Waals surface area contributed by atoms with Crippen molar-refractivity contribution in [3.63, 3.8) is 0 Å². The Morgan fingerprint density at radius 3 is 2.94 bits per heavy atom. The molecule has 0 aromatic heterocycles. The highest BCUT2D eigenvalue weighted by Gasteiger charge is 2.09. The summed E-state index contributed by atoms with van der Waals surface area (Å²) in [5.41, 5.74) is 0.698. The molecule has 0 saturated carbocycles. The molecule has 0 heterocycles. The lowest BCUT2D eigenvalue weighted by Crippen LogP contribution is -2.07. The van der Waals surface area contributed by atoms with E-state index in [4.69, 9.17) is 0 Å². The number of thioether (sulfide) groups is 1. The molecule has 1 aromatic carbocycles. The summed E-state index contributed by atoms with van der Waals surface area (Å²) in [6.45, 7) is 2.80. The van der Waals surface area contributed by atoms with Gasteiger partial charge in [0, 0.05) is 6.54 Å². The van der Waals surface area contributed by atoms with Crippen molar-refractivity contribution in [2.24, 2.45) is 0 Å². The molecule has 0 fully saturated rings. The van der Waals surface area contributed by atoms with Gasteiger partial charge in [-0.1, -0.05) is 6.92 Å². The predicted octanol–water partition coefficient (Wildman–Crippen LogP) is 3.17. The first-order chi connectivity index (χ1) is 8.69. The fraction of sp³-hybridized carbons (Fsp3) is 0.462. The van der Waals surface area contributed by atoms with Gasteiger partial charge in [0.1, 0.15) is 5.82 Å². The maximum Gasteiger partial charge on any atom is 0.337 e. The number of nitrogens with one attached hydrogen (secondary N) is 1. The first kappa shape index (κ1) is 14.8. The summed E-state index contributed by atoms with van der Waals surface area (Å²) in [7, 11) is 1.31. The molecule has 1 aromatic rings. The number of esters is 1. The zero-order valence-electron chi connectivity index (χ0n) is 10.7. The van der Waals surface area contributed by atoms with Crippen LogP contribution in [0.2, 0.25) is 0 Å². The third-order valence-electron chi connectivity index (χ3n) is 2.37. The number of hydrogen-bond acceptors (Lipinski definition) is 4. The maximum absolute atomic E-state index is 13.5. The van der Waals surface area contributed by atoms with Gasteiger partial charge in [0.05, 0.1) is 18.4 Å². The number of carbonyl (C=O) groups excluding carboxylic acids is 1. The van der Waals surface area contributed by atoms with Crippen LogP contribution < -0.4 is 5.32 Å². The molecule has 0 amide bonds. The Kier molecular flexibility index (Phi) is 6.57. The first-order valence-electron chi connectivity index (χ1n) is 5.88. The van der Waals surface area contributed by atoms with E-state index in [2.05, 4.69) is 17.0 Å². The highest BCUT2D eigenvalue weighted by atomic mass is 32.2. The average molecular weight is 271 g/mol. The number of rotatable bonds is 7. The lowest BCUT2D eigenvalue weighted by atomic mass is 10.2. The topological polar surface area (TPSA) is 38.3 Å². The minimum absolute atomic E-state index is 0.347. The molecule has 0 atom stereocenters. The molecule has 0 aliphatic rings. The van der Waals surface area contributed by atoms with E-state index < -0.39 is 5.97 Å². The van der Waals surface area contributed by atoms with E-state index in [-0.39, 0.29) is 5.82 Å². The maximum atomic E-state index is 13.5. The molecule has 100 valence electrons. The number of hydrogen-bond donors (Lipinski definition) is 1. The van der Waals surface area contributed by atoms with E-state index >= 15 is 0 Å². The molecule has 18 heavy (non-hydrogen) atoms. The van der Waals surface area contributed by atoms with Crippen LogP contribution in [0.3, 0.4) is 0 Å². The van der Waals surface area contributed by atoms with E-state index in [1.54, 1.807) is 0 Å². The quantitative estimate of drug-likeness (QED) is 0.610. The average Bonchev–Trinajstić information content (AvgIpc) is 2.39. The summed E-state index contributed by atoms with van der Waals surface area (Å²) in [4.78, 5) is 11.3. The normalized spacial score (nSPS) is 10.2. The Morgan fingerprint density at radius 1 is 1.50 bits per heavy atom. The van der Waals surface area contributed by atoms with Crippen molar-refractivity contribution < 1.29 is 13.9 Å². The molecule has 1 rings (SSSR count). The fourth-order valence-electron chi connectivity index (χ4n) is 1.45. The number of anilines is 1. The molecule has 1 N–H and O–H groups in total. The summed E-state index contributed by atoms with van der Waals surface area (Å²) in [6, 6.07) is 4.17. The van der Waals surface area contributed by atoms with Crippen molar-refractivity contribution >= 4 is 23.4 Å². The van der Waals surface area contributed by atoms with Crippen molar-refractivity contribution in [1.29, 1.82) is 0 Å². The first-order valence-corrected chi connectivity index (χ1v) is 7.04. The van der Waals surface area contributed by atoms with Gasteiger partial charge in [-0.05, 0) is 36.1 Å². The Labute approximate surface area is 111 Å². The molecule has 0 unspecified atom stereocenters. The molecule has 3 nitrogen and oxygen atoms in total. The highest BCUT2D eigenvalue weighted by molar-refractivity contribution is 7.99. The van der Waals surface area contributed by atoms with Crippen LogP contribution in [0, 0.1) is 5.82 Å².